The Morgan fingerprint density at radius 3 is 2.15 bits per heavy atom. The Balaban J connectivity index is 1.64. The zero-order valence-corrected chi connectivity index (χ0v) is 17.5. The van der Waals surface area contributed by atoms with Crippen LogP contribution in [0.3, 0.4) is 0 Å². The number of hydrogen-bond acceptors (Lipinski definition) is 6. The van der Waals surface area contributed by atoms with Gasteiger partial charge in [0.15, 0.2) is 0 Å². The summed E-state index contributed by atoms with van der Waals surface area (Å²) in [6, 6.07) is 15.2. The molecule has 0 spiro atoms. The van der Waals surface area contributed by atoms with E-state index >= 15 is 0 Å². The fourth-order valence-electron chi connectivity index (χ4n) is 3.20. The molecule has 0 fully saturated rings. The van der Waals surface area contributed by atoms with Gasteiger partial charge in [-0.15, -0.1) is 10.2 Å². The second-order valence-corrected chi connectivity index (χ2v) is 8.39. The Kier molecular flexibility index (Phi) is 5.60. The fraction of sp³-hybridized carbons (Fsp3) is 0.0455. The summed E-state index contributed by atoms with van der Waals surface area (Å²) in [5.74, 6) is 0. The van der Waals surface area contributed by atoms with Crippen LogP contribution >= 0.6 is 0 Å². The van der Waals surface area contributed by atoms with Crippen LogP contribution in [0.4, 0.5) is 30.2 Å². The van der Waals surface area contributed by atoms with Gasteiger partial charge in [-0.1, -0.05) is 36.4 Å². The van der Waals surface area contributed by atoms with Crippen molar-refractivity contribution in [1.29, 1.82) is 0 Å². The summed E-state index contributed by atoms with van der Waals surface area (Å²) in [7, 11) is -4.54. The highest BCUT2D eigenvalue weighted by molar-refractivity contribution is 7.86. The van der Waals surface area contributed by atoms with E-state index < -0.39 is 21.9 Å². The minimum absolute atomic E-state index is 0.0353. The van der Waals surface area contributed by atoms with Crippen molar-refractivity contribution in [2.24, 2.45) is 10.2 Å². The molecule has 7 nitrogen and oxygen atoms in total. The maximum absolute atomic E-state index is 12.7. The molecule has 0 saturated heterocycles. The summed E-state index contributed by atoms with van der Waals surface area (Å²) in [4.78, 5) is 3.83. The van der Waals surface area contributed by atoms with Crippen molar-refractivity contribution < 1.29 is 26.1 Å². The van der Waals surface area contributed by atoms with Crippen LogP contribution in [0, 0.1) is 0 Å². The third-order valence-corrected chi connectivity index (χ3v) is 5.73. The molecule has 0 aliphatic carbocycles. The molecular weight excluding hydrogens is 457 g/mol. The first kappa shape index (κ1) is 22.4. The second-order valence-electron chi connectivity index (χ2n) is 7.00. The minimum Gasteiger partial charge on any atom is -0.396 e. The van der Waals surface area contributed by atoms with E-state index in [1.165, 1.54) is 24.4 Å². The quantitative estimate of drug-likeness (QED) is 0.209. The lowest BCUT2D eigenvalue weighted by Crippen LogP contribution is -2.04. The zero-order chi connectivity index (χ0) is 23.8. The molecule has 0 unspecified atom stereocenters. The van der Waals surface area contributed by atoms with Gasteiger partial charge in [0, 0.05) is 16.3 Å². The molecule has 0 amide bonds. The Hall–Kier alpha value is -3.83. The smallest absolute Gasteiger partial charge is 0.396 e. The van der Waals surface area contributed by atoms with Gasteiger partial charge in [-0.2, -0.15) is 21.6 Å². The predicted molar refractivity (Wildman–Crippen MR) is 117 cm³/mol. The topological polar surface area (TPSA) is 118 Å². The van der Waals surface area contributed by atoms with Crippen LogP contribution in [0.2, 0.25) is 0 Å². The van der Waals surface area contributed by atoms with E-state index in [1.807, 2.05) is 0 Å². The molecule has 0 aliphatic rings. The van der Waals surface area contributed by atoms with Gasteiger partial charge in [-0.05, 0) is 30.3 Å². The van der Waals surface area contributed by atoms with E-state index in [9.17, 15) is 26.1 Å². The number of nitrogen functional groups attached to an aromatic ring is 1. The average molecular weight is 472 g/mol. The lowest BCUT2D eigenvalue weighted by atomic mass is 10.1. The standard InChI is InChI=1S/C22H15F3N4O3S/c23-22(24,25)14-7-5-13(6-8-14)18-10-9-15(12-27-18)28-29-19-11-20(33(30,31)32)16-3-1-2-4-17(16)21(19)26/h1-12H,26H2,(H,30,31,32). The van der Waals surface area contributed by atoms with Crippen LogP contribution in [0.25, 0.3) is 22.0 Å². The van der Waals surface area contributed by atoms with Crippen molar-refractivity contribution in [3.63, 3.8) is 0 Å². The Morgan fingerprint density at radius 1 is 0.909 bits per heavy atom. The van der Waals surface area contributed by atoms with Gasteiger partial charge in [0.1, 0.15) is 16.3 Å². The number of fused-ring (bicyclic) bond motifs is 1. The highest BCUT2D eigenvalue weighted by Gasteiger charge is 2.30. The molecule has 1 heterocycles. The Labute approximate surface area is 186 Å². The summed E-state index contributed by atoms with van der Waals surface area (Å²) < 4.78 is 71.3. The zero-order valence-electron chi connectivity index (χ0n) is 16.7. The van der Waals surface area contributed by atoms with Crippen LogP contribution < -0.4 is 5.73 Å². The van der Waals surface area contributed by atoms with E-state index in [0.29, 0.717) is 22.3 Å². The third kappa shape index (κ3) is 4.69. The summed E-state index contributed by atoms with van der Waals surface area (Å²) in [6.07, 6.45) is -3.06. The van der Waals surface area contributed by atoms with Crippen LogP contribution in [-0.4, -0.2) is 18.0 Å². The maximum atomic E-state index is 12.7. The van der Waals surface area contributed by atoms with Gasteiger partial charge in [0.25, 0.3) is 10.1 Å². The van der Waals surface area contributed by atoms with E-state index in [-0.39, 0.29) is 21.7 Å². The fourth-order valence-corrected chi connectivity index (χ4v) is 3.92. The number of rotatable bonds is 4. The van der Waals surface area contributed by atoms with Crippen molar-refractivity contribution in [3.8, 4) is 11.3 Å². The summed E-state index contributed by atoms with van der Waals surface area (Å²) in [5.41, 5.74) is 6.79. The van der Waals surface area contributed by atoms with Gasteiger partial charge in [0.2, 0.25) is 0 Å². The molecule has 0 saturated carbocycles. The lowest BCUT2D eigenvalue weighted by molar-refractivity contribution is -0.137. The van der Waals surface area contributed by atoms with Crippen LogP contribution in [0.1, 0.15) is 5.56 Å². The number of nitrogens with two attached hydrogens (primary N) is 1. The van der Waals surface area contributed by atoms with Gasteiger partial charge in [-0.3, -0.25) is 9.54 Å². The molecule has 1 aromatic heterocycles. The first-order chi connectivity index (χ1) is 15.5. The number of benzene rings is 3. The van der Waals surface area contributed by atoms with Gasteiger partial charge in [0.05, 0.1) is 23.1 Å². The Morgan fingerprint density at radius 2 is 1.58 bits per heavy atom. The van der Waals surface area contributed by atoms with Crippen LogP contribution in [0.5, 0.6) is 0 Å². The van der Waals surface area contributed by atoms with Crippen LogP contribution in [-0.2, 0) is 16.3 Å². The molecule has 4 rings (SSSR count). The first-order valence-corrected chi connectivity index (χ1v) is 10.8. The van der Waals surface area contributed by atoms with Crippen molar-refractivity contribution in [2.45, 2.75) is 11.1 Å². The molecule has 11 heteroatoms. The molecule has 168 valence electrons. The molecule has 0 aliphatic heterocycles. The van der Waals surface area contributed by atoms with Crippen molar-refractivity contribution in [2.75, 3.05) is 5.73 Å². The molecule has 0 radical (unpaired) electrons. The van der Waals surface area contributed by atoms with Crippen molar-refractivity contribution in [1.82, 2.24) is 4.98 Å². The van der Waals surface area contributed by atoms with Gasteiger partial charge in [-0.25, -0.2) is 0 Å². The van der Waals surface area contributed by atoms with Crippen LogP contribution in [0.15, 0.2) is 88.1 Å². The third-order valence-electron chi connectivity index (χ3n) is 4.83. The van der Waals surface area contributed by atoms with E-state index in [0.717, 1.165) is 18.2 Å². The number of alkyl halides is 3. The first-order valence-electron chi connectivity index (χ1n) is 9.38. The Bertz CT molecular complexity index is 1470. The number of nitrogens with zero attached hydrogens (tertiary/aromatic N) is 3. The van der Waals surface area contributed by atoms with E-state index in [4.69, 9.17) is 5.73 Å². The monoisotopic (exact) mass is 472 g/mol. The number of aromatic nitrogens is 1. The molecule has 4 aromatic rings. The molecule has 3 aromatic carbocycles. The molecule has 0 bridgehead atoms. The normalized spacial score (nSPS) is 12.5. The van der Waals surface area contributed by atoms with Crippen molar-refractivity contribution >= 4 is 38.0 Å². The summed E-state index contributed by atoms with van der Waals surface area (Å²) in [6.45, 7) is 0. The van der Waals surface area contributed by atoms with Gasteiger partial charge >= 0.3 is 6.18 Å². The number of azo groups is 1. The lowest BCUT2D eigenvalue weighted by Gasteiger charge is -2.09. The molecular formula is C22H15F3N4O3S. The highest BCUT2D eigenvalue weighted by atomic mass is 32.2. The van der Waals surface area contributed by atoms with Crippen molar-refractivity contribution in [3.05, 3.63) is 78.5 Å². The SMILES string of the molecule is Nc1c(N=Nc2ccc(-c3ccc(C(F)(F)F)cc3)nc2)cc(S(=O)(=O)O)c2ccccc12. The van der Waals surface area contributed by atoms with E-state index in [1.54, 1.807) is 30.3 Å². The number of halogens is 3. The number of anilines is 1. The second kappa shape index (κ2) is 8.26. The summed E-state index contributed by atoms with van der Waals surface area (Å²) in [5, 5.41) is 8.64. The van der Waals surface area contributed by atoms with Gasteiger partial charge < -0.3 is 5.73 Å². The van der Waals surface area contributed by atoms with E-state index in [2.05, 4.69) is 15.2 Å². The average Bonchev–Trinajstić information content (AvgIpc) is 2.78. The number of hydrogen-bond donors (Lipinski definition) is 2. The highest BCUT2D eigenvalue weighted by Crippen LogP contribution is 2.37. The predicted octanol–water partition coefficient (Wildman–Crippen LogP) is 6.16. The molecule has 33 heavy (non-hydrogen) atoms. The largest absolute Gasteiger partial charge is 0.416 e. The maximum Gasteiger partial charge on any atom is 0.416 e. The summed E-state index contributed by atoms with van der Waals surface area (Å²) >= 11 is 0. The number of pyridine rings is 1. The minimum atomic E-state index is -4.54. The molecule has 3 N–H and O–H groups in total. The molecule has 0 atom stereocenters.